The molecule has 8 nitrogen and oxygen atoms in total. The molecule has 0 aliphatic heterocycles. The van der Waals surface area contributed by atoms with Gasteiger partial charge in [0.05, 0.1) is 19.0 Å². The third-order valence-corrected chi connectivity index (χ3v) is 5.96. The van der Waals surface area contributed by atoms with Gasteiger partial charge in [-0.25, -0.2) is 18.0 Å². The zero-order valence-electron chi connectivity index (χ0n) is 16.8. The molecule has 0 spiro atoms. The standard InChI is InChI=1S/C21H20BrNO7S/c1-3-28-20(24)18-16-11-15(9-10-17(16)30-19(18)21(25)29-4-2)23-31(26,27)12-13-5-7-14(22)8-6-13/h5-11,23H,3-4,12H2,1-2H3. The van der Waals surface area contributed by atoms with Gasteiger partial charge in [-0.15, -0.1) is 0 Å². The summed E-state index contributed by atoms with van der Waals surface area (Å²) in [5, 5.41) is 0.241. The molecule has 3 aromatic rings. The van der Waals surface area contributed by atoms with Gasteiger partial charge in [-0.3, -0.25) is 4.72 Å². The molecule has 0 aliphatic carbocycles. The third-order valence-electron chi connectivity index (χ3n) is 4.17. The second kappa shape index (κ2) is 9.52. The van der Waals surface area contributed by atoms with Crippen molar-refractivity contribution in [2.24, 2.45) is 0 Å². The van der Waals surface area contributed by atoms with Crippen LogP contribution < -0.4 is 4.72 Å². The fraction of sp³-hybridized carbons (Fsp3) is 0.238. The first-order valence-corrected chi connectivity index (χ1v) is 11.8. The number of hydrogen-bond donors (Lipinski definition) is 1. The van der Waals surface area contributed by atoms with Crippen molar-refractivity contribution in [1.82, 2.24) is 0 Å². The zero-order valence-corrected chi connectivity index (χ0v) is 19.2. The molecular formula is C21H20BrNO7S. The number of furan rings is 1. The largest absolute Gasteiger partial charge is 0.462 e. The van der Waals surface area contributed by atoms with Gasteiger partial charge < -0.3 is 13.9 Å². The highest BCUT2D eigenvalue weighted by atomic mass is 79.9. The number of hydrogen-bond acceptors (Lipinski definition) is 7. The fourth-order valence-electron chi connectivity index (χ4n) is 2.92. The van der Waals surface area contributed by atoms with E-state index in [1.165, 1.54) is 18.2 Å². The summed E-state index contributed by atoms with van der Waals surface area (Å²) in [5.74, 6) is -2.09. The zero-order chi connectivity index (χ0) is 22.6. The van der Waals surface area contributed by atoms with E-state index >= 15 is 0 Å². The Morgan fingerprint density at radius 3 is 2.29 bits per heavy atom. The molecule has 1 N–H and O–H groups in total. The predicted molar refractivity (Wildman–Crippen MR) is 119 cm³/mol. The lowest BCUT2D eigenvalue weighted by Crippen LogP contribution is -2.15. The molecule has 0 unspecified atom stereocenters. The number of carbonyl (C=O) groups is 2. The Hall–Kier alpha value is -2.85. The van der Waals surface area contributed by atoms with E-state index in [2.05, 4.69) is 20.7 Å². The Labute approximate surface area is 187 Å². The molecule has 0 bridgehead atoms. The minimum Gasteiger partial charge on any atom is -0.462 e. The molecule has 164 valence electrons. The van der Waals surface area contributed by atoms with Crippen LogP contribution in [0.5, 0.6) is 0 Å². The van der Waals surface area contributed by atoms with Gasteiger partial charge in [0, 0.05) is 15.5 Å². The van der Waals surface area contributed by atoms with E-state index in [1.807, 2.05) is 0 Å². The lowest BCUT2D eigenvalue weighted by Gasteiger charge is -2.09. The minimum atomic E-state index is -3.73. The third kappa shape index (κ3) is 5.45. The summed E-state index contributed by atoms with van der Waals surface area (Å²) in [4.78, 5) is 24.7. The highest BCUT2D eigenvalue weighted by Crippen LogP contribution is 2.30. The second-order valence-electron chi connectivity index (χ2n) is 6.45. The van der Waals surface area contributed by atoms with Crippen molar-refractivity contribution in [3.63, 3.8) is 0 Å². The summed E-state index contributed by atoms with van der Waals surface area (Å²) in [7, 11) is -3.73. The fourth-order valence-corrected chi connectivity index (χ4v) is 4.38. The number of nitrogens with one attached hydrogen (secondary N) is 1. The van der Waals surface area contributed by atoms with E-state index < -0.39 is 22.0 Å². The van der Waals surface area contributed by atoms with E-state index in [0.29, 0.717) is 5.56 Å². The average Bonchev–Trinajstić information content (AvgIpc) is 3.08. The monoisotopic (exact) mass is 509 g/mol. The number of sulfonamides is 1. The first-order chi connectivity index (χ1) is 14.7. The molecule has 2 aromatic carbocycles. The van der Waals surface area contributed by atoms with Crippen molar-refractivity contribution < 1.29 is 31.9 Å². The van der Waals surface area contributed by atoms with Crippen LogP contribution in [0, 0.1) is 0 Å². The van der Waals surface area contributed by atoms with Crippen LogP contribution in [-0.4, -0.2) is 33.6 Å². The lowest BCUT2D eigenvalue weighted by molar-refractivity contribution is 0.0454. The first-order valence-electron chi connectivity index (χ1n) is 9.39. The minimum absolute atomic E-state index is 0.0906. The molecular weight excluding hydrogens is 490 g/mol. The number of esters is 2. The van der Waals surface area contributed by atoms with Crippen molar-refractivity contribution >= 4 is 54.5 Å². The van der Waals surface area contributed by atoms with Crippen molar-refractivity contribution in [3.05, 3.63) is 63.8 Å². The van der Waals surface area contributed by atoms with E-state index in [4.69, 9.17) is 13.9 Å². The molecule has 0 amide bonds. The van der Waals surface area contributed by atoms with Crippen LogP contribution in [0.25, 0.3) is 11.0 Å². The van der Waals surface area contributed by atoms with Crippen LogP contribution in [0.15, 0.2) is 51.4 Å². The number of halogens is 1. The summed E-state index contributed by atoms with van der Waals surface area (Å²) in [6.45, 7) is 3.45. The van der Waals surface area contributed by atoms with Crippen LogP contribution in [0.4, 0.5) is 5.69 Å². The van der Waals surface area contributed by atoms with Crippen LogP contribution in [0.1, 0.15) is 40.3 Å². The number of fused-ring (bicyclic) bond motifs is 1. The molecule has 0 atom stereocenters. The van der Waals surface area contributed by atoms with Crippen molar-refractivity contribution in [2.75, 3.05) is 17.9 Å². The van der Waals surface area contributed by atoms with E-state index in [1.54, 1.807) is 38.1 Å². The second-order valence-corrected chi connectivity index (χ2v) is 9.08. The van der Waals surface area contributed by atoms with Gasteiger partial charge in [-0.05, 0) is 49.7 Å². The maximum absolute atomic E-state index is 12.6. The SMILES string of the molecule is CCOC(=O)c1oc2ccc(NS(=O)(=O)Cc3ccc(Br)cc3)cc2c1C(=O)OCC. The Morgan fingerprint density at radius 2 is 1.65 bits per heavy atom. The van der Waals surface area contributed by atoms with Crippen molar-refractivity contribution in [1.29, 1.82) is 0 Å². The summed E-state index contributed by atoms with van der Waals surface area (Å²) in [6, 6.07) is 11.3. The highest BCUT2D eigenvalue weighted by Gasteiger charge is 2.28. The summed E-state index contributed by atoms with van der Waals surface area (Å²) in [5.41, 5.74) is 0.939. The predicted octanol–water partition coefficient (Wildman–Crippen LogP) is 4.49. The maximum atomic E-state index is 12.6. The maximum Gasteiger partial charge on any atom is 0.375 e. The first kappa shape index (κ1) is 22.8. The normalized spacial score (nSPS) is 11.3. The van der Waals surface area contributed by atoms with Gasteiger partial charge in [0.2, 0.25) is 15.8 Å². The molecule has 0 saturated carbocycles. The smallest absolute Gasteiger partial charge is 0.375 e. The van der Waals surface area contributed by atoms with Crippen LogP contribution >= 0.6 is 15.9 Å². The molecule has 0 saturated heterocycles. The summed E-state index contributed by atoms with van der Waals surface area (Å²) >= 11 is 3.31. The van der Waals surface area contributed by atoms with Gasteiger partial charge in [-0.1, -0.05) is 28.1 Å². The van der Waals surface area contributed by atoms with Crippen molar-refractivity contribution in [2.45, 2.75) is 19.6 Å². The van der Waals surface area contributed by atoms with Crippen LogP contribution in [-0.2, 0) is 25.2 Å². The Kier molecular flexibility index (Phi) is 7.01. The molecule has 10 heteroatoms. The number of ether oxygens (including phenoxy) is 2. The van der Waals surface area contributed by atoms with Gasteiger partial charge in [0.25, 0.3) is 0 Å². The molecule has 0 fully saturated rings. The van der Waals surface area contributed by atoms with E-state index in [-0.39, 0.29) is 46.9 Å². The molecule has 1 aromatic heterocycles. The van der Waals surface area contributed by atoms with Gasteiger partial charge in [-0.2, -0.15) is 0 Å². The topological polar surface area (TPSA) is 112 Å². The quantitative estimate of drug-likeness (QED) is 0.445. The number of carbonyl (C=O) groups excluding carboxylic acids is 2. The highest BCUT2D eigenvalue weighted by molar-refractivity contribution is 9.10. The molecule has 1 heterocycles. The molecule has 0 radical (unpaired) electrons. The molecule has 0 aliphatic rings. The molecule has 31 heavy (non-hydrogen) atoms. The summed E-state index contributed by atoms with van der Waals surface area (Å²) in [6.07, 6.45) is 0. The Morgan fingerprint density at radius 1 is 1.00 bits per heavy atom. The van der Waals surface area contributed by atoms with Crippen LogP contribution in [0.3, 0.4) is 0 Å². The Bertz CT molecular complexity index is 1220. The Balaban J connectivity index is 1.97. The lowest BCUT2D eigenvalue weighted by atomic mass is 10.1. The number of benzene rings is 2. The van der Waals surface area contributed by atoms with Crippen molar-refractivity contribution in [3.8, 4) is 0 Å². The van der Waals surface area contributed by atoms with Crippen LogP contribution in [0.2, 0.25) is 0 Å². The van der Waals surface area contributed by atoms with Gasteiger partial charge in [0.15, 0.2) is 0 Å². The van der Waals surface area contributed by atoms with Gasteiger partial charge >= 0.3 is 11.9 Å². The number of anilines is 1. The molecule has 3 rings (SSSR count). The average molecular weight is 510 g/mol. The van der Waals surface area contributed by atoms with E-state index in [0.717, 1.165) is 4.47 Å². The number of rotatable bonds is 8. The van der Waals surface area contributed by atoms with Gasteiger partial charge in [0.1, 0.15) is 11.1 Å². The summed E-state index contributed by atoms with van der Waals surface area (Å²) < 4.78 is 44.0. The van der Waals surface area contributed by atoms with E-state index in [9.17, 15) is 18.0 Å².